The Bertz CT molecular complexity index is 506. The number of rotatable bonds is 9. The van der Waals surface area contributed by atoms with Crippen molar-refractivity contribution in [2.75, 3.05) is 13.2 Å². The van der Waals surface area contributed by atoms with E-state index in [0.29, 0.717) is 25.0 Å². The summed E-state index contributed by atoms with van der Waals surface area (Å²) < 4.78 is 11.8. The molecule has 1 rings (SSSR count). The molecule has 0 unspecified atom stereocenters. The highest BCUT2D eigenvalue weighted by Crippen LogP contribution is 2.29. The molecule has 0 atom stereocenters. The third-order valence-electron chi connectivity index (χ3n) is 3.19. The third kappa shape index (κ3) is 8.55. The smallest absolute Gasteiger partial charge is 0.161 e. The number of aryl methyl sites for hydroxylation is 1. The van der Waals surface area contributed by atoms with Crippen LogP contribution in [0, 0.1) is 23.7 Å². The molecule has 0 N–H and O–H groups in total. The summed E-state index contributed by atoms with van der Waals surface area (Å²) in [5.74, 6) is 9.14. The molecular formula is C21H32O2. The molecule has 0 radical (unpaired) electrons. The predicted octanol–water partition coefficient (Wildman–Crippen LogP) is 5.49. The highest BCUT2D eigenvalue weighted by molar-refractivity contribution is 5.43. The number of hydrogen-bond donors (Lipinski definition) is 0. The zero-order valence-electron chi connectivity index (χ0n) is 15.4. The lowest BCUT2D eigenvalue weighted by Gasteiger charge is -2.16. The van der Waals surface area contributed by atoms with Gasteiger partial charge < -0.3 is 9.47 Å². The van der Waals surface area contributed by atoms with Crippen LogP contribution in [0.15, 0.2) is 18.2 Å². The van der Waals surface area contributed by atoms with Crippen molar-refractivity contribution in [2.45, 2.75) is 60.3 Å². The maximum absolute atomic E-state index is 5.96. The van der Waals surface area contributed by atoms with E-state index >= 15 is 0 Å². The van der Waals surface area contributed by atoms with E-state index in [2.05, 4.69) is 58.6 Å². The monoisotopic (exact) mass is 316 g/mol. The average molecular weight is 316 g/mol. The molecule has 0 spiro atoms. The van der Waals surface area contributed by atoms with E-state index in [1.807, 2.05) is 6.07 Å². The topological polar surface area (TPSA) is 18.5 Å². The lowest BCUT2D eigenvalue weighted by molar-refractivity contribution is 0.229. The van der Waals surface area contributed by atoms with Gasteiger partial charge in [0.05, 0.1) is 13.2 Å². The van der Waals surface area contributed by atoms with E-state index in [1.54, 1.807) is 0 Å². The van der Waals surface area contributed by atoms with Crippen molar-refractivity contribution in [2.24, 2.45) is 11.8 Å². The second-order valence-corrected chi connectivity index (χ2v) is 6.79. The van der Waals surface area contributed by atoms with E-state index in [9.17, 15) is 0 Å². The van der Waals surface area contributed by atoms with Crippen molar-refractivity contribution in [3.05, 3.63) is 23.8 Å². The van der Waals surface area contributed by atoms with Crippen LogP contribution < -0.4 is 9.47 Å². The Balaban J connectivity index is 2.73. The molecule has 0 aliphatic heterocycles. The molecule has 0 saturated heterocycles. The highest BCUT2D eigenvalue weighted by atomic mass is 16.5. The molecule has 2 nitrogen and oxygen atoms in total. The van der Waals surface area contributed by atoms with Crippen molar-refractivity contribution in [3.8, 4) is 23.3 Å². The molecule has 0 amide bonds. The van der Waals surface area contributed by atoms with Crippen LogP contribution in [0.5, 0.6) is 11.5 Å². The van der Waals surface area contributed by atoms with Gasteiger partial charge in [-0.05, 0) is 42.4 Å². The van der Waals surface area contributed by atoms with Gasteiger partial charge in [0.15, 0.2) is 11.5 Å². The second kappa shape index (κ2) is 11.0. The van der Waals surface area contributed by atoms with Gasteiger partial charge in [-0.2, -0.15) is 0 Å². The minimum Gasteiger partial charge on any atom is -0.489 e. The van der Waals surface area contributed by atoms with Gasteiger partial charge >= 0.3 is 0 Å². The van der Waals surface area contributed by atoms with Crippen molar-refractivity contribution in [1.29, 1.82) is 0 Å². The average Bonchev–Trinajstić information content (AvgIpc) is 2.51. The van der Waals surface area contributed by atoms with Crippen LogP contribution in [0.3, 0.4) is 0 Å². The first kappa shape index (κ1) is 19.4. The van der Waals surface area contributed by atoms with Gasteiger partial charge in [0.1, 0.15) is 0 Å². The summed E-state index contributed by atoms with van der Waals surface area (Å²) in [5.41, 5.74) is 1.26. The summed E-state index contributed by atoms with van der Waals surface area (Å²) in [6, 6.07) is 6.27. The number of ether oxygens (including phenoxy) is 2. The fourth-order valence-electron chi connectivity index (χ4n) is 1.96. The van der Waals surface area contributed by atoms with E-state index in [-0.39, 0.29) is 0 Å². The Kier molecular flexibility index (Phi) is 9.29. The van der Waals surface area contributed by atoms with E-state index in [0.717, 1.165) is 37.2 Å². The van der Waals surface area contributed by atoms with Gasteiger partial charge in [-0.15, -0.1) is 11.8 Å². The molecule has 2 heteroatoms. The maximum atomic E-state index is 5.96. The zero-order valence-corrected chi connectivity index (χ0v) is 15.4. The molecule has 1 aromatic rings. The molecule has 0 fully saturated rings. The lowest BCUT2D eigenvalue weighted by atomic mass is 10.1. The molecule has 0 aliphatic carbocycles. The van der Waals surface area contributed by atoms with E-state index in [1.165, 1.54) is 5.56 Å². The fraction of sp³-hybridized carbons (Fsp3) is 0.619. The molecule has 0 heterocycles. The van der Waals surface area contributed by atoms with Crippen LogP contribution in [-0.2, 0) is 6.42 Å². The molecule has 0 aromatic heterocycles. The van der Waals surface area contributed by atoms with Crippen LogP contribution >= 0.6 is 0 Å². The SMILES string of the molecule is CCCC#CCCc1ccc(OCC(C)C)c(OCC(C)C)c1. The Morgan fingerprint density at radius 3 is 2.09 bits per heavy atom. The summed E-state index contributed by atoms with van der Waals surface area (Å²) in [7, 11) is 0. The Morgan fingerprint density at radius 2 is 1.48 bits per heavy atom. The second-order valence-electron chi connectivity index (χ2n) is 6.79. The summed E-state index contributed by atoms with van der Waals surface area (Å²) in [5, 5.41) is 0. The Morgan fingerprint density at radius 1 is 0.870 bits per heavy atom. The van der Waals surface area contributed by atoms with Crippen molar-refractivity contribution < 1.29 is 9.47 Å². The summed E-state index contributed by atoms with van der Waals surface area (Å²) >= 11 is 0. The zero-order chi connectivity index (χ0) is 17.1. The number of unbranched alkanes of at least 4 members (excludes halogenated alkanes) is 1. The van der Waals surface area contributed by atoms with Gasteiger partial charge in [-0.3, -0.25) is 0 Å². The van der Waals surface area contributed by atoms with Crippen molar-refractivity contribution in [1.82, 2.24) is 0 Å². The highest BCUT2D eigenvalue weighted by Gasteiger charge is 2.09. The normalized spacial score (nSPS) is 10.6. The molecule has 0 saturated carbocycles. The summed E-state index contributed by atoms with van der Waals surface area (Å²) in [6.45, 7) is 12.2. The molecule has 23 heavy (non-hydrogen) atoms. The quantitative estimate of drug-likeness (QED) is 0.561. The predicted molar refractivity (Wildman–Crippen MR) is 98.1 cm³/mol. The largest absolute Gasteiger partial charge is 0.489 e. The Hall–Kier alpha value is -1.62. The van der Waals surface area contributed by atoms with Crippen LogP contribution in [0.25, 0.3) is 0 Å². The minimum atomic E-state index is 0.497. The number of hydrogen-bond acceptors (Lipinski definition) is 2. The van der Waals surface area contributed by atoms with E-state index < -0.39 is 0 Å². The summed E-state index contributed by atoms with van der Waals surface area (Å²) in [6.07, 6.45) is 3.97. The maximum Gasteiger partial charge on any atom is 0.161 e. The summed E-state index contributed by atoms with van der Waals surface area (Å²) in [4.78, 5) is 0. The van der Waals surface area contributed by atoms with Gasteiger partial charge in [0, 0.05) is 12.8 Å². The van der Waals surface area contributed by atoms with Gasteiger partial charge in [0.2, 0.25) is 0 Å². The van der Waals surface area contributed by atoms with Crippen molar-refractivity contribution in [3.63, 3.8) is 0 Å². The van der Waals surface area contributed by atoms with Crippen LogP contribution in [0.1, 0.15) is 59.4 Å². The first-order valence-electron chi connectivity index (χ1n) is 8.87. The first-order valence-corrected chi connectivity index (χ1v) is 8.87. The molecular weight excluding hydrogens is 284 g/mol. The third-order valence-corrected chi connectivity index (χ3v) is 3.19. The van der Waals surface area contributed by atoms with Crippen LogP contribution in [0.4, 0.5) is 0 Å². The molecule has 0 aliphatic rings. The van der Waals surface area contributed by atoms with E-state index in [4.69, 9.17) is 9.47 Å². The molecule has 128 valence electrons. The van der Waals surface area contributed by atoms with Crippen LogP contribution in [-0.4, -0.2) is 13.2 Å². The van der Waals surface area contributed by atoms with Gasteiger partial charge in [0.25, 0.3) is 0 Å². The van der Waals surface area contributed by atoms with Crippen molar-refractivity contribution >= 4 is 0 Å². The Labute approximate surface area is 142 Å². The fourth-order valence-corrected chi connectivity index (χ4v) is 1.96. The number of benzene rings is 1. The first-order chi connectivity index (χ1) is 11.0. The molecule has 1 aromatic carbocycles. The van der Waals surface area contributed by atoms with Gasteiger partial charge in [-0.1, -0.05) is 40.7 Å². The minimum absolute atomic E-state index is 0.497. The lowest BCUT2D eigenvalue weighted by Crippen LogP contribution is -2.09. The standard InChI is InChI=1S/C21H32O2/c1-6-7-8-9-10-11-19-12-13-20(22-15-17(2)3)21(14-19)23-16-18(4)5/h12-14,17-18H,6-7,10-11,15-16H2,1-5H3. The van der Waals surface area contributed by atoms with Gasteiger partial charge in [-0.25, -0.2) is 0 Å². The molecule has 0 bridgehead atoms. The van der Waals surface area contributed by atoms with Crippen LogP contribution in [0.2, 0.25) is 0 Å².